The quantitative estimate of drug-likeness (QED) is 0.862. The second kappa shape index (κ2) is 5.05. The van der Waals surface area contributed by atoms with E-state index in [1.54, 1.807) is 19.1 Å². The molecule has 1 aromatic carbocycles. The van der Waals surface area contributed by atoms with Gasteiger partial charge in [0, 0.05) is 18.9 Å². The minimum atomic E-state index is -4.60. The molecule has 1 fully saturated rings. The lowest BCUT2D eigenvalue weighted by Crippen LogP contribution is -2.25. The first-order chi connectivity index (χ1) is 9.17. The van der Waals surface area contributed by atoms with E-state index in [2.05, 4.69) is 0 Å². The van der Waals surface area contributed by atoms with Crippen LogP contribution in [0.3, 0.4) is 0 Å². The number of phenols is 1. The molecule has 1 saturated heterocycles. The lowest BCUT2D eigenvalue weighted by atomic mass is 10.1. The molecule has 0 spiro atoms. The molecular formula is C13H16FNO4S. The van der Waals surface area contributed by atoms with Gasteiger partial charge in [0.1, 0.15) is 5.75 Å². The van der Waals surface area contributed by atoms with Crippen LogP contribution in [-0.2, 0) is 15.0 Å². The number of aryl methyl sites for hydroxylation is 2. The molecule has 1 unspecified atom stereocenters. The molecule has 7 heteroatoms. The summed E-state index contributed by atoms with van der Waals surface area (Å²) in [6.45, 7) is 3.65. The summed E-state index contributed by atoms with van der Waals surface area (Å²) in [6.07, 6.45) is -0.0322. The molecule has 5 nitrogen and oxygen atoms in total. The normalized spacial score (nSPS) is 19.6. The minimum Gasteiger partial charge on any atom is -0.505 e. The summed E-state index contributed by atoms with van der Waals surface area (Å²) in [4.78, 5) is 13.3. The van der Waals surface area contributed by atoms with Crippen molar-refractivity contribution in [3.63, 3.8) is 0 Å². The number of carbonyl (C=O) groups is 1. The van der Waals surface area contributed by atoms with Crippen LogP contribution < -0.4 is 4.90 Å². The van der Waals surface area contributed by atoms with Crippen LogP contribution in [0.15, 0.2) is 12.1 Å². The zero-order valence-electron chi connectivity index (χ0n) is 11.3. The Morgan fingerprint density at radius 3 is 2.65 bits per heavy atom. The van der Waals surface area contributed by atoms with Crippen molar-refractivity contribution in [3.05, 3.63) is 23.3 Å². The van der Waals surface area contributed by atoms with Gasteiger partial charge in [0.05, 0.1) is 11.4 Å². The van der Waals surface area contributed by atoms with Crippen LogP contribution in [0.4, 0.5) is 9.57 Å². The van der Waals surface area contributed by atoms with Crippen molar-refractivity contribution in [1.82, 2.24) is 0 Å². The second-order valence-electron chi connectivity index (χ2n) is 5.23. The van der Waals surface area contributed by atoms with Gasteiger partial charge in [-0.15, -0.1) is 3.89 Å². The summed E-state index contributed by atoms with van der Waals surface area (Å²) in [7, 11) is -4.60. The summed E-state index contributed by atoms with van der Waals surface area (Å²) < 4.78 is 34.0. The van der Waals surface area contributed by atoms with Gasteiger partial charge in [0.2, 0.25) is 5.91 Å². The molecule has 0 aliphatic carbocycles. The average molecular weight is 301 g/mol. The Kier molecular flexibility index (Phi) is 3.73. The maximum absolute atomic E-state index is 12.7. The highest BCUT2D eigenvalue weighted by Gasteiger charge is 2.34. The van der Waals surface area contributed by atoms with Gasteiger partial charge >= 0.3 is 10.2 Å². The molecule has 0 radical (unpaired) electrons. The van der Waals surface area contributed by atoms with Crippen molar-refractivity contribution in [1.29, 1.82) is 0 Å². The summed E-state index contributed by atoms with van der Waals surface area (Å²) in [5.74, 6) is -1.56. The molecule has 110 valence electrons. The summed E-state index contributed by atoms with van der Waals surface area (Å²) in [5, 5.41) is 10.0. The fraction of sp³-hybridized carbons (Fsp3) is 0.462. The molecule has 1 atom stereocenters. The molecule has 0 saturated carbocycles. The van der Waals surface area contributed by atoms with Gasteiger partial charge in [-0.05, 0) is 31.0 Å². The lowest BCUT2D eigenvalue weighted by molar-refractivity contribution is -0.117. The van der Waals surface area contributed by atoms with Gasteiger partial charge in [-0.3, -0.25) is 4.79 Å². The van der Waals surface area contributed by atoms with Crippen LogP contribution >= 0.6 is 0 Å². The Balaban J connectivity index is 2.29. The maximum atomic E-state index is 12.7. The highest BCUT2D eigenvalue weighted by Crippen LogP contribution is 2.36. The number of nitrogens with zero attached hydrogens (tertiary/aromatic N) is 1. The number of hydrogen-bond donors (Lipinski definition) is 1. The van der Waals surface area contributed by atoms with Crippen molar-refractivity contribution in [3.8, 4) is 5.75 Å². The number of hydrogen-bond acceptors (Lipinski definition) is 4. The van der Waals surface area contributed by atoms with Crippen LogP contribution in [0.25, 0.3) is 0 Å². The largest absolute Gasteiger partial charge is 0.505 e. The molecule has 1 N–H and O–H groups in total. The number of aromatic hydroxyl groups is 1. The Morgan fingerprint density at radius 2 is 2.05 bits per heavy atom. The fourth-order valence-electron chi connectivity index (χ4n) is 2.55. The first-order valence-corrected chi connectivity index (χ1v) is 7.75. The van der Waals surface area contributed by atoms with Gasteiger partial charge in [-0.2, -0.15) is 8.42 Å². The molecule has 1 amide bonds. The molecule has 1 aliphatic rings. The number of amides is 1. The van der Waals surface area contributed by atoms with Gasteiger partial charge < -0.3 is 10.0 Å². The van der Waals surface area contributed by atoms with Crippen LogP contribution in [0.5, 0.6) is 5.75 Å². The number of rotatable bonds is 3. The van der Waals surface area contributed by atoms with E-state index in [0.717, 1.165) is 5.56 Å². The van der Waals surface area contributed by atoms with E-state index in [1.165, 1.54) is 4.90 Å². The zero-order chi connectivity index (χ0) is 15.1. The van der Waals surface area contributed by atoms with E-state index in [9.17, 15) is 22.2 Å². The molecule has 1 aliphatic heterocycles. The Labute approximate surface area is 117 Å². The number of anilines is 1. The topological polar surface area (TPSA) is 74.7 Å². The van der Waals surface area contributed by atoms with Crippen LogP contribution in [0.2, 0.25) is 0 Å². The number of halogens is 1. The molecular weight excluding hydrogens is 285 g/mol. The smallest absolute Gasteiger partial charge is 0.302 e. The number of benzene rings is 1. The van der Waals surface area contributed by atoms with Crippen molar-refractivity contribution >= 4 is 21.8 Å². The van der Waals surface area contributed by atoms with E-state index in [0.29, 0.717) is 11.3 Å². The Hall–Kier alpha value is -1.63. The monoisotopic (exact) mass is 301 g/mol. The third-order valence-electron chi connectivity index (χ3n) is 3.36. The van der Waals surface area contributed by atoms with Crippen molar-refractivity contribution in [2.75, 3.05) is 17.2 Å². The first-order valence-electron chi connectivity index (χ1n) is 6.20. The van der Waals surface area contributed by atoms with Crippen molar-refractivity contribution in [2.45, 2.75) is 20.3 Å². The van der Waals surface area contributed by atoms with E-state index in [1.807, 2.05) is 6.92 Å². The summed E-state index contributed by atoms with van der Waals surface area (Å²) >= 11 is 0. The highest BCUT2D eigenvalue weighted by atomic mass is 32.3. The number of carbonyl (C=O) groups excluding carboxylic acids is 1. The van der Waals surface area contributed by atoms with E-state index in [4.69, 9.17) is 0 Å². The second-order valence-corrected chi connectivity index (χ2v) is 6.64. The number of phenolic OH excluding ortho intramolecular Hbond substituents is 1. The maximum Gasteiger partial charge on any atom is 0.302 e. The van der Waals surface area contributed by atoms with Crippen LogP contribution in [0.1, 0.15) is 17.5 Å². The van der Waals surface area contributed by atoms with E-state index < -0.39 is 21.9 Å². The van der Waals surface area contributed by atoms with E-state index in [-0.39, 0.29) is 24.6 Å². The first kappa shape index (κ1) is 14.8. The van der Waals surface area contributed by atoms with Crippen LogP contribution in [-0.4, -0.2) is 31.7 Å². The van der Waals surface area contributed by atoms with Crippen molar-refractivity contribution in [2.24, 2.45) is 5.92 Å². The predicted octanol–water partition coefficient (Wildman–Crippen LogP) is 1.66. The van der Waals surface area contributed by atoms with Gasteiger partial charge in [0.25, 0.3) is 0 Å². The molecule has 0 bridgehead atoms. The molecule has 2 rings (SSSR count). The fourth-order valence-corrected chi connectivity index (χ4v) is 3.34. The lowest BCUT2D eigenvalue weighted by Gasteiger charge is -2.19. The van der Waals surface area contributed by atoms with Gasteiger partial charge in [0.15, 0.2) is 0 Å². The predicted molar refractivity (Wildman–Crippen MR) is 72.9 cm³/mol. The zero-order valence-corrected chi connectivity index (χ0v) is 12.1. The molecule has 1 aromatic rings. The van der Waals surface area contributed by atoms with Crippen molar-refractivity contribution < 1.29 is 22.2 Å². The summed E-state index contributed by atoms with van der Waals surface area (Å²) in [5.41, 5.74) is 1.87. The minimum absolute atomic E-state index is 0.00675. The molecule has 1 heterocycles. The van der Waals surface area contributed by atoms with E-state index >= 15 is 0 Å². The SMILES string of the molecule is Cc1cc(C)c(O)c(N2CC(CS(=O)(=O)F)CC2=O)c1. The Morgan fingerprint density at radius 1 is 1.40 bits per heavy atom. The summed E-state index contributed by atoms with van der Waals surface area (Å²) in [6, 6.07) is 3.44. The van der Waals surface area contributed by atoms with Gasteiger partial charge in [-0.1, -0.05) is 6.07 Å². The molecule has 0 aromatic heterocycles. The average Bonchev–Trinajstić information content (AvgIpc) is 2.62. The third kappa shape index (κ3) is 3.09. The van der Waals surface area contributed by atoms with Gasteiger partial charge in [-0.25, -0.2) is 0 Å². The Bertz CT molecular complexity index is 657. The standard InChI is InChI=1S/C13H16FNO4S/c1-8-3-9(2)13(17)11(4-8)15-6-10(5-12(15)16)7-20(14,18)19/h3-4,10,17H,5-7H2,1-2H3. The highest BCUT2D eigenvalue weighted by molar-refractivity contribution is 7.86. The van der Waals surface area contributed by atoms with Crippen LogP contribution in [0, 0.1) is 19.8 Å². The third-order valence-corrected chi connectivity index (χ3v) is 4.22. The molecule has 20 heavy (non-hydrogen) atoms.